The monoisotopic (exact) mass is 375 g/mol. The predicted molar refractivity (Wildman–Crippen MR) is 96.3 cm³/mol. The highest BCUT2D eigenvalue weighted by Crippen LogP contribution is 2.34. The molecule has 1 unspecified atom stereocenters. The minimum atomic E-state index is -1.04. The summed E-state index contributed by atoms with van der Waals surface area (Å²) in [6, 6.07) is 0. The van der Waals surface area contributed by atoms with Crippen molar-refractivity contribution in [1.82, 2.24) is 0 Å². The van der Waals surface area contributed by atoms with Crippen LogP contribution in [0.4, 0.5) is 0 Å². The molecular formula is C17H30NO6P. The van der Waals surface area contributed by atoms with E-state index in [2.05, 4.69) is 0 Å². The minimum absolute atomic E-state index is 0.0109. The van der Waals surface area contributed by atoms with E-state index in [0.29, 0.717) is 0 Å². The van der Waals surface area contributed by atoms with Gasteiger partial charge in [-0.25, -0.2) is 0 Å². The molecule has 25 heavy (non-hydrogen) atoms. The third kappa shape index (κ3) is 11.1. The average molecular weight is 375 g/mol. The Morgan fingerprint density at radius 1 is 1.04 bits per heavy atom. The molecule has 0 spiro atoms. The van der Waals surface area contributed by atoms with E-state index in [0.717, 1.165) is 0 Å². The third-order valence-electron chi connectivity index (χ3n) is 3.62. The smallest absolute Gasteiger partial charge is 0.217 e. The van der Waals surface area contributed by atoms with Gasteiger partial charge in [-0.1, -0.05) is 13.8 Å². The number of ether oxygens (including phenoxy) is 1. The van der Waals surface area contributed by atoms with Crippen LogP contribution in [0.1, 0.15) is 53.4 Å². The first-order valence-electron chi connectivity index (χ1n) is 8.29. The molecule has 0 saturated heterocycles. The Kier molecular flexibility index (Phi) is 10.9. The van der Waals surface area contributed by atoms with Crippen LogP contribution < -0.4 is 5.73 Å². The number of rotatable bonds is 14. The van der Waals surface area contributed by atoms with E-state index in [1.807, 2.05) is 0 Å². The first-order chi connectivity index (χ1) is 11.5. The van der Waals surface area contributed by atoms with E-state index >= 15 is 0 Å². The van der Waals surface area contributed by atoms with E-state index in [-0.39, 0.29) is 61.9 Å². The summed E-state index contributed by atoms with van der Waals surface area (Å²) in [5.41, 5.74) is 3.97. The average Bonchev–Trinajstić information content (AvgIpc) is 2.53. The minimum Gasteiger partial charge on any atom is -0.370 e. The third-order valence-corrected chi connectivity index (χ3v) is 4.68. The van der Waals surface area contributed by atoms with Crippen molar-refractivity contribution in [3.63, 3.8) is 0 Å². The van der Waals surface area contributed by atoms with E-state index in [1.165, 1.54) is 0 Å². The fourth-order valence-electron chi connectivity index (χ4n) is 1.71. The van der Waals surface area contributed by atoms with Crippen LogP contribution in [-0.2, 0) is 28.4 Å². The SMILES string of the molecule is CC(C)C(=O)CCC(=O)C(C)(C)OCP(C)OCC(=O)CCC(N)=O. The summed E-state index contributed by atoms with van der Waals surface area (Å²) in [5, 5.41) is 0. The van der Waals surface area contributed by atoms with E-state index in [1.54, 1.807) is 34.4 Å². The number of nitrogens with two attached hydrogens (primary N) is 1. The lowest BCUT2D eigenvalue weighted by atomic mass is 9.96. The van der Waals surface area contributed by atoms with Gasteiger partial charge in [0.25, 0.3) is 0 Å². The zero-order valence-corrected chi connectivity index (χ0v) is 16.7. The number of amides is 1. The fraction of sp³-hybridized carbons (Fsp3) is 0.765. The van der Waals surface area contributed by atoms with Crippen LogP contribution in [-0.4, -0.2) is 48.5 Å². The lowest BCUT2D eigenvalue weighted by Gasteiger charge is -2.25. The van der Waals surface area contributed by atoms with Gasteiger partial charge in [0.15, 0.2) is 11.6 Å². The molecule has 0 aliphatic carbocycles. The van der Waals surface area contributed by atoms with Gasteiger partial charge in [-0.15, -0.1) is 0 Å². The Morgan fingerprint density at radius 3 is 2.16 bits per heavy atom. The van der Waals surface area contributed by atoms with Crippen LogP contribution in [0, 0.1) is 5.92 Å². The second kappa shape index (κ2) is 11.4. The van der Waals surface area contributed by atoms with Crippen LogP contribution in [0.3, 0.4) is 0 Å². The van der Waals surface area contributed by atoms with Gasteiger partial charge in [-0.3, -0.25) is 19.2 Å². The Morgan fingerprint density at radius 2 is 1.64 bits per heavy atom. The molecule has 0 saturated carbocycles. The first kappa shape index (κ1) is 23.8. The standard InChI is InChI=1S/C17H30NO6P/c1-12(2)14(20)7-8-15(21)17(3,4)23-11-25(5)24-10-13(19)6-9-16(18)22/h12H,6-11H2,1-5H3,(H2,18,22). The molecule has 0 aliphatic heterocycles. The molecule has 0 aromatic heterocycles. The molecule has 0 fully saturated rings. The van der Waals surface area contributed by atoms with Gasteiger partial charge in [0, 0.05) is 31.6 Å². The number of hydrogen-bond acceptors (Lipinski definition) is 6. The maximum absolute atomic E-state index is 12.2. The highest BCUT2D eigenvalue weighted by atomic mass is 31.1. The largest absolute Gasteiger partial charge is 0.370 e. The van der Waals surface area contributed by atoms with E-state index in [4.69, 9.17) is 15.0 Å². The molecule has 0 aromatic carbocycles. The molecule has 0 rings (SSSR count). The summed E-state index contributed by atoms with van der Waals surface area (Å²) in [6.45, 7) is 8.63. The van der Waals surface area contributed by atoms with Gasteiger partial charge >= 0.3 is 0 Å². The molecule has 0 aliphatic rings. The highest BCUT2D eigenvalue weighted by molar-refractivity contribution is 7.51. The van der Waals surface area contributed by atoms with Crippen molar-refractivity contribution in [1.29, 1.82) is 0 Å². The zero-order chi connectivity index (χ0) is 19.6. The Hall–Kier alpha value is -1.17. The fourth-order valence-corrected chi connectivity index (χ4v) is 2.66. The van der Waals surface area contributed by atoms with Crippen molar-refractivity contribution in [3.05, 3.63) is 0 Å². The number of primary amides is 1. The topological polar surface area (TPSA) is 113 Å². The first-order valence-corrected chi connectivity index (χ1v) is 10.2. The van der Waals surface area contributed by atoms with Crippen LogP contribution >= 0.6 is 8.15 Å². The van der Waals surface area contributed by atoms with Gasteiger partial charge < -0.3 is 15.0 Å². The van der Waals surface area contributed by atoms with Crippen molar-refractivity contribution in [2.24, 2.45) is 11.7 Å². The van der Waals surface area contributed by atoms with Crippen molar-refractivity contribution >= 4 is 31.4 Å². The van der Waals surface area contributed by atoms with Gasteiger partial charge in [0.05, 0.1) is 14.5 Å². The molecule has 0 radical (unpaired) electrons. The Balaban J connectivity index is 4.16. The van der Waals surface area contributed by atoms with Crippen molar-refractivity contribution in [2.45, 2.75) is 59.0 Å². The van der Waals surface area contributed by atoms with Crippen molar-refractivity contribution in [2.75, 3.05) is 19.6 Å². The normalized spacial score (nSPS) is 12.9. The Bertz CT molecular complexity index is 490. The summed E-state index contributed by atoms with van der Waals surface area (Å²) in [4.78, 5) is 46.0. The summed E-state index contributed by atoms with van der Waals surface area (Å²) in [6.07, 6.45) is 0.645. The van der Waals surface area contributed by atoms with Gasteiger partial charge in [0.1, 0.15) is 18.0 Å². The van der Waals surface area contributed by atoms with Crippen LogP contribution in [0.25, 0.3) is 0 Å². The lowest BCUT2D eigenvalue weighted by molar-refractivity contribution is -0.139. The molecule has 7 nitrogen and oxygen atoms in total. The summed E-state index contributed by atoms with van der Waals surface area (Å²) in [5.74, 6) is -0.884. The molecule has 144 valence electrons. The summed E-state index contributed by atoms with van der Waals surface area (Å²) >= 11 is 0. The lowest BCUT2D eigenvalue weighted by Crippen LogP contribution is -2.35. The number of carbonyl (C=O) groups is 4. The molecule has 2 N–H and O–H groups in total. The van der Waals surface area contributed by atoms with Crippen LogP contribution in [0.15, 0.2) is 0 Å². The zero-order valence-electron chi connectivity index (χ0n) is 15.8. The molecule has 8 heteroatoms. The molecule has 0 bridgehead atoms. The van der Waals surface area contributed by atoms with Crippen LogP contribution in [0.5, 0.6) is 0 Å². The quantitative estimate of drug-likeness (QED) is 0.466. The Labute approximate surface area is 150 Å². The second-order valence-corrected chi connectivity index (χ2v) is 8.51. The van der Waals surface area contributed by atoms with Crippen molar-refractivity contribution in [3.8, 4) is 0 Å². The van der Waals surface area contributed by atoms with Crippen LogP contribution in [0.2, 0.25) is 0 Å². The molecular weight excluding hydrogens is 345 g/mol. The summed E-state index contributed by atoms with van der Waals surface area (Å²) < 4.78 is 11.0. The number of hydrogen-bond donors (Lipinski definition) is 1. The van der Waals surface area contributed by atoms with E-state index < -0.39 is 19.7 Å². The predicted octanol–water partition coefficient (Wildman–Crippen LogP) is 2.19. The maximum Gasteiger partial charge on any atom is 0.217 e. The highest BCUT2D eigenvalue weighted by Gasteiger charge is 2.29. The van der Waals surface area contributed by atoms with Gasteiger partial charge in [-0.05, 0) is 20.5 Å². The molecule has 0 heterocycles. The van der Waals surface area contributed by atoms with Gasteiger partial charge in [0.2, 0.25) is 5.91 Å². The number of carbonyl (C=O) groups excluding carboxylic acids is 4. The summed E-state index contributed by atoms with van der Waals surface area (Å²) in [7, 11) is -1.04. The number of Topliss-reactive ketones (excluding diaryl/α,β-unsaturated/α-hetero) is 3. The molecule has 1 atom stereocenters. The van der Waals surface area contributed by atoms with E-state index in [9.17, 15) is 19.2 Å². The molecule has 1 amide bonds. The number of ketones is 3. The maximum atomic E-state index is 12.2. The molecule has 0 aromatic rings. The second-order valence-electron chi connectivity index (χ2n) is 6.73. The van der Waals surface area contributed by atoms with Crippen molar-refractivity contribution < 1.29 is 28.4 Å². The van der Waals surface area contributed by atoms with Gasteiger partial charge in [-0.2, -0.15) is 0 Å².